The van der Waals surface area contributed by atoms with Crippen molar-refractivity contribution in [3.05, 3.63) is 39.9 Å². The summed E-state index contributed by atoms with van der Waals surface area (Å²) in [4.78, 5) is 22.3. The van der Waals surface area contributed by atoms with Crippen molar-refractivity contribution >= 4 is 23.2 Å². The van der Waals surface area contributed by atoms with E-state index in [-0.39, 0.29) is 11.3 Å². The molecule has 0 aliphatic rings. The summed E-state index contributed by atoms with van der Waals surface area (Å²) in [5.41, 5.74) is -0.635. The van der Waals surface area contributed by atoms with E-state index in [1.165, 1.54) is 18.2 Å². The van der Waals surface area contributed by atoms with Gasteiger partial charge in [0.1, 0.15) is 5.56 Å². The highest BCUT2D eigenvalue weighted by atomic mass is 35.5. The van der Waals surface area contributed by atoms with Crippen molar-refractivity contribution in [2.75, 3.05) is 5.88 Å². The number of rotatable bonds is 5. The van der Waals surface area contributed by atoms with Crippen molar-refractivity contribution in [2.45, 2.75) is 25.8 Å². The second-order valence-corrected chi connectivity index (χ2v) is 4.93. The third-order valence-electron chi connectivity index (χ3n) is 2.52. The molecule has 0 aliphatic carbocycles. The molecule has 0 aliphatic heterocycles. The largest absolute Gasteiger partial charge is 0.347 e. The van der Waals surface area contributed by atoms with Gasteiger partial charge in [0.2, 0.25) is 0 Å². The Labute approximate surface area is 110 Å². The topological polar surface area (TPSA) is 72.2 Å². The Hall–Kier alpha value is -1.62. The summed E-state index contributed by atoms with van der Waals surface area (Å²) in [7, 11) is 0. The lowest BCUT2D eigenvalue weighted by Crippen LogP contribution is -2.43. The zero-order chi connectivity index (χ0) is 13.8. The summed E-state index contributed by atoms with van der Waals surface area (Å²) in [5.74, 6) is -0.0538. The molecule has 0 aromatic heterocycles. The second-order valence-electron chi connectivity index (χ2n) is 4.55. The minimum atomic E-state index is -0.566. The molecule has 0 radical (unpaired) electrons. The van der Waals surface area contributed by atoms with Gasteiger partial charge in [-0.1, -0.05) is 12.1 Å². The van der Waals surface area contributed by atoms with E-state index < -0.39 is 16.4 Å². The van der Waals surface area contributed by atoms with Gasteiger partial charge in [0.25, 0.3) is 11.6 Å². The van der Waals surface area contributed by atoms with Crippen molar-refractivity contribution in [3.63, 3.8) is 0 Å². The minimum Gasteiger partial charge on any atom is -0.347 e. The lowest BCUT2D eigenvalue weighted by molar-refractivity contribution is -0.385. The first-order valence-corrected chi connectivity index (χ1v) is 6.03. The van der Waals surface area contributed by atoms with E-state index in [0.717, 1.165) is 0 Å². The molecule has 0 fully saturated rings. The van der Waals surface area contributed by atoms with E-state index in [9.17, 15) is 14.9 Å². The van der Waals surface area contributed by atoms with Gasteiger partial charge in [-0.15, -0.1) is 11.6 Å². The Morgan fingerprint density at radius 2 is 2.06 bits per heavy atom. The molecule has 98 valence electrons. The van der Waals surface area contributed by atoms with Crippen LogP contribution in [0.4, 0.5) is 5.69 Å². The predicted molar refractivity (Wildman–Crippen MR) is 70.0 cm³/mol. The van der Waals surface area contributed by atoms with Crippen LogP contribution in [-0.4, -0.2) is 22.2 Å². The predicted octanol–water partition coefficient (Wildman–Crippen LogP) is 2.73. The van der Waals surface area contributed by atoms with Crippen molar-refractivity contribution in [2.24, 2.45) is 0 Å². The zero-order valence-electron chi connectivity index (χ0n) is 10.3. The van der Waals surface area contributed by atoms with Crippen LogP contribution in [0.5, 0.6) is 0 Å². The summed E-state index contributed by atoms with van der Waals surface area (Å²) >= 11 is 5.64. The number of carbonyl (C=O) groups is 1. The summed E-state index contributed by atoms with van der Waals surface area (Å²) in [5, 5.41) is 13.6. The zero-order valence-corrected chi connectivity index (χ0v) is 11.0. The van der Waals surface area contributed by atoms with Gasteiger partial charge in [-0.25, -0.2) is 0 Å². The molecule has 6 heteroatoms. The summed E-state index contributed by atoms with van der Waals surface area (Å²) in [6.07, 6.45) is 0.584. The van der Waals surface area contributed by atoms with E-state index >= 15 is 0 Å². The number of alkyl halides is 1. The highest BCUT2D eigenvalue weighted by molar-refractivity contribution is 6.17. The van der Waals surface area contributed by atoms with E-state index in [0.29, 0.717) is 12.3 Å². The fourth-order valence-electron chi connectivity index (χ4n) is 1.50. The number of hydrogen-bond acceptors (Lipinski definition) is 3. The number of benzene rings is 1. The van der Waals surface area contributed by atoms with Crippen LogP contribution >= 0.6 is 11.6 Å². The molecule has 18 heavy (non-hydrogen) atoms. The maximum absolute atomic E-state index is 12.0. The van der Waals surface area contributed by atoms with Crippen LogP contribution in [0.15, 0.2) is 24.3 Å². The molecule has 1 aromatic rings. The number of carbonyl (C=O) groups excluding carboxylic acids is 1. The first kappa shape index (κ1) is 14.4. The van der Waals surface area contributed by atoms with Crippen LogP contribution in [0.1, 0.15) is 30.6 Å². The fraction of sp³-hybridized carbons (Fsp3) is 0.417. The number of hydrogen-bond donors (Lipinski definition) is 1. The number of amides is 1. The maximum atomic E-state index is 12.0. The number of nitro benzene ring substituents is 1. The molecule has 0 unspecified atom stereocenters. The average Bonchev–Trinajstić information content (AvgIpc) is 2.28. The van der Waals surface area contributed by atoms with Gasteiger partial charge in [0.05, 0.1) is 4.92 Å². The Kier molecular flexibility index (Phi) is 4.67. The number of nitrogens with one attached hydrogen (secondary N) is 1. The summed E-state index contributed by atoms with van der Waals surface area (Å²) in [6.45, 7) is 3.64. The summed E-state index contributed by atoms with van der Waals surface area (Å²) < 4.78 is 0. The SMILES string of the molecule is CC(C)(CCCl)NC(=O)c1ccccc1[N+](=O)[O-]. The molecule has 1 aromatic carbocycles. The van der Waals surface area contributed by atoms with E-state index in [2.05, 4.69) is 5.32 Å². The molecular weight excluding hydrogens is 256 g/mol. The number of nitrogens with zero attached hydrogens (tertiary/aromatic N) is 1. The molecule has 5 nitrogen and oxygen atoms in total. The van der Waals surface area contributed by atoms with E-state index in [1.807, 2.05) is 13.8 Å². The third-order valence-corrected chi connectivity index (χ3v) is 2.71. The maximum Gasteiger partial charge on any atom is 0.282 e. The number of para-hydroxylation sites is 1. The second kappa shape index (κ2) is 5.82. The summed E-state index contributed by atoms with van der Waals surface area (Å²) in [6, 6.07) is 5.86. The van der Waals surface area contributed by atoms with Gasteiger partial charge >= 0.3 is 0 Å². The molecule has 0 heterocycles. The quantitative estimate of drug-likeness (QED) is 0.508. The van der Waals surface area contributed by atoms with Crippen LogP contribution < -0.4 is 5.32 Å². The standard InChI is InChI=1S/C12H15ClN2O3/c1-12(2,7-8-13)14-11(16)9-5-3-4-6-10(9)15(17)18/h3-6H,7-8H2,1-2H3,(H,14,16). The van der Waals surface area contributed by atoms with E-state index in [1.54, 1.807) is 6.07 Å². The lowest BCUT2D eigenvalue weighted by atomic mass is 10.0. The van der Waals surface area contributed by atoms with Crippen molar-refractivity contribution in [3.8, 4) is 0 Å². The molecule has 0 atom stereocenters. The first-order chi connectivity index (χ1) is 8.37. The van der Waals surface area contributed by atoms with Crippen molar-refractivity contribution in [1.29, 1.82) is 0 Å². The van der Waals surface area contributed by atoms with Gasteiger partial charge in [-0.3, -0.25) is 14.9 Å². The van der Waals surface area contributed by atoms with Gasteiger partial charge in [-0.2, -0.15) is 0 Å². The number of nitro groups is 1. The monoisotopic (exact) mass is 270 g/mol. The van der Waals surface area contributed by atoms with Gasteiger partial charge in [0.15, 0.2) is 0 Å². The van der Waals surface area contributed by atoms with Crippen LogP contribution in [0.2, 0.25) is 0 Å². The van der Waals surface area contributed by atoms with Crippen LogP contribution in [0.3, 0.4) is 0 Å². The molecule has 1 amide bonds. The molecule has 1 rings (SSSR count). The normalized spacial score (nSPS) is 11.1. The molecule has 0 saturated carbocycles. The fourth-order valence-corrected chi connectivity index (χ4v) is 1.97. The minimum absolute atomic E-state index is 0.0603. The van der Waals surface area contributed by atoms with Crippen LogP contribution in [0, 0.1) is 10.1 Å². The third kappa shape index (κ3) is 3.70. The molecule has 0 saturated heterocycles. The Morgan fingerprint density at radius 1 is 1.44 bits per heavy atom. The Balaban J connectivity index is 2.95. The van der Waals surface area contributed by atoms with Crippen molar-refractivity contribution < 1.29 is 9.72 Å². The first-order valence-electron chi connectivity index (χ1n) is 5.49. The van der Waals surface area contributed by atoms with Gasteiger partial charge < -0.3 is 5.32 Å². The molecule has 0 bridgehead atoms. The Bertz CT molecular complexity index is 460. The van der Waals surface area contributed by atoms with Gasteiger partial charge in [0, 0.05) is 17.5 Å². The Morgan fingerprint density at radius 3 is 2.61 bits per heavy atom. The van der Waals surface area contributed by atoms with E-state index in [4.69, 9.17) is 11.6 Å². The van der Waals surface area contributed by atoms with Gasteiger partial charge in [-0.05, 0) is 26.3 Å². The van der Waals surface area contributed by atoms with Crippen LogP contribution in [0.25, 0.3) is 0 Å². The highest BCUT2D eigenvalue weighted by Gasteiger charge is 2.25. The lowest BCUT2D eigenvalue weighted by Gasteiger charge is -2.25. The van der Waals surface area contributed by atoms with Crippen molar-refractivity contribution in [1.82, 2.24) is 5.32 Å². The molecule has 0 spiro atoms. The molecule has 1 N–H and O–H groups in total. The average molecular weight is 271 g/mol. The number of halogens is 1. The molecular formula is C12H15ClN2O3. The van der Waals surface area contributed by atoms with Crippen LogP contribution in [-0.2, 0) is 0 Å². The smallest absolute Gasteiger partial charge is 0.282 e. The highest BCUT2D eigenvalue weighted by Crippen LogP contribution is 2.19.